The third kappa shape index (κ3) is 5.94. The Bertz CT molecular complexity index is 528. The van der Waals surface area contributed by atoms with Gasteiger partial charge in [-0.15, -0.1) is 0 Å². The SMILES string of the molecule is COc1ccc(/C(C)=C/CN(C)CCC=C(C)C)c(OC)c1. The summed E-state index contributed by atoms with van der Waals surface area (Å²) < 4.78 is 10.7. The van der Waals surface area contributed by atoms with Gasteiger partial charge in [0.2, 0.25) is 0 Å². The van der Waals surface area contributed by atoms with Crippen molar-refractivity contribution in [3.8, 4) is 11.5 Å². The lowest BCUT2D eigenvalue weighted by atomic mass is 10.1. The van der Waals surface area contributed by atoms with Crippen molar-refractivity contribution in [3.63, 3.8) is 0 Å². The zero-order valence-corrected chi connectivity index (χ0v) is 14.8. The molecule has 122 valence electrons. The minimum Gasteiger partial charge on any atom is -0.497 e. The quantitative estimate of drug-likeness (QED) is 0.665. The highest BCUT2D eigenvalue weighted by molar-refractivity contribution is 5.70. The molecule has 0 amide bonds. The van der Waals surface area contributed by atoms with Crippen molar-refractivity contribution in [1.29, 1.82) is 0 Å². The predicted octanol–water partition coefficient (Wildman–Crippen LogP) is 4.40. The molecule has 0 aliphatic carbocycles. The fourth-order valence-corrected chi connectivity index (χ4v) is 2.19. The first kappa shape index (κ1) is 18.3. The van der Waals surface area contributed by atoms with E-state index in [4.69, 9.17) is 9.47 Å². The fraction of sp³-hybridized carbons (Fsp3) is 0.474. The van der Waals surface area contributed by atoms with Crippen LogP contribution in [0.2, 0.25) is 0 Å². The lowest BCUT2D eigenvalue weighted by molar-refractivity contribution is 0.378. The molecule has 0 spiro atoms. The number of ether oxygens (including phenoxy) is 2. The summed E-state index contributed by atoms with van der Waals surface area (Å²) in [4.78, 5) is 2.32. The number of hydrogen-bond acceptors (Lipinski definition) is 3. The van der Waals surface area contributed by atoms with Gasteiger partial charge in [0.25, 0.3) is 0 Å². The third-order valence-electron chi connectivity index (χ3n) is 3.61. The summed E-state index contributed by atoms with van der Waals surface area (Å²) >= 11 is 0. The summed E-state index contributed by atoms with van der Waals surface area (Å²) in [5.74, 6) is 1.66. The molecule has 0 fully saturated rings. The van der Waals surface area contributed by atoms with Crippen molar-refractivity contribution >= 4 is 5.57 Å². The maximum absolute atomic E-state index is 5.46. The van der Waals surface area contributed by atoms with Gasteiger partial charge in [0.1, 0.15) is 11.5 Å². The van der Waals surface area contributed by atoms with Crippen LogP contribution in [0.3, 0.4) is 0 Å². The number of nitrogens with zero attached hydrogens (tertiary/aromatic N) is 1. The smallest absolute Gasteiger partial charge is 0.130 e. The van der Waals surface area contributed by atoms with Gasteiger partial charge in [-0.25, -0.2) is 0 Å². The molecule has 0 aliphatic rings. The molecule has 0 aromatic heterocycles. The molecule has 0 saturated heterocycles. The van der Waals surface area contributed by atoms with Gasteiger partial charge < -0.3 is 14.4 Å². The van der Waals surface area contributed by atoms with Crippen molar-refractivity contribution in [2.75, 3.05) is 34.4 Å². The molecule has 0 N–H and O–H groups in total. The minimum atomic E-state index is 0.812. The van der Waals surface area contributed by atoms with Crippen LogP contribution in [0.15, 0.2) is 35.9 Å². The predicted molar refractivity (Wildman–Crippen MR) is 94.7 cm³/mol. The minimum absolute atomic E-state index is 0.812. The van der Waals surface area contributed by atoms with Gasteiger partial charge in [0, 0.05) is 24.7 Å². The first-order valence-electron chi connectivity index (χ1n) is 7.69. The number of benzene rings is 1. The second-order valence-electron chi connectivity index (χ2n) is 5.79. The summed E-state index contributed by atoms with van der Waals surface area (Å²) in [6.45, 7) is 8.39. The van der Waals surface area contributed by atoms with Gasteiger partial charge in [-0.3, -0.25) is 0 Å². The third-order valence-corrected chi connectivity index (χ3v) is 3.61. The van der Waals surface area contributed by atoms with E-state index in [1.807, 2.05) is 18.2 Å². The van der Waals surface area contributed by atoms with Gasteiger partial charge in [0.15, 0.2) is 0 Å². The normalized spacial score (nSPS) is 11.5. The van der Waals surface area contributed by atoms with Gasteiger partial charge in [-0.05, 0) is 51.9 Å². The Balaban J connectivity index is 2.70. The van der Waals surface area contributed by atoms with Crippen LogP contribution in [0.5, 0.6) is 11.5 Å². The molecule has 1 aromatic carbocycles. The molecule has 0 aliphatic heterocycles. The van der Waals surface area contributed by atoms with E-state index in [1.54, 1.807) is 14.2 Å². The molecule has 3 heteroatoms. The number of allylic oxidation sites excluding steroid dienone is 2. The average Bonchev–Trinajstić information content (AvgIpc) is 2.51. The second-order valence-corrected chi connectivity index (χ2v) is 5.79. The molecule has 1 aromatic rings. The van der Waals surface area contributed by atoms with Gasteiger partial charge in [0.05, 0.1) is 14.2 Å². The van der Waals surface area contributed by atoms with E-state index in [2.05, 4.69) is 44.9 Å². The van der Waals surface area contributed by atoms with Crippen LogP contribution in [0.4, 0.5) is 0 Å². The lowest BCUT2D eigenvalue weighted by Gasteiger charge is -2.15. The van der Waals surface area contributed by atoms with Crippen molar-refractivity contribution in [2.24, 2.45) is 0 Å². The zero-order valence-electron chi connectivity index (χ0n) is 14.8. The molecule has 0 radical (unpaired) electrons. The summed E-state index contributed by atoms with van der Waals surface area (Å²) in [6.07, 6.45) is 5.62. The molecular weight excluding hydrogens is 274 g/mol. The first-order chi connectivity index (χ1) is 10.5. The van der Waals surface area contributed by atoms with Crippen LogP contribution >= 0.6 is 0 Å². The molecule has 0 bridgehead atoms. The molecule has 22 heavy (non-hydrogen) atoms. The standard InChI is InChI=1S/C19H29NO2/c1-15(2)8-7-12-20(4)13-11-16(3)18-10-9-17(21-5)14-19(18)22-6/h8-11,14H,7,12-13H2,1-6H3/b16-11+. The van der Waals surface area contributed by atoms with E-state index in [9.17, 15) is 0 Å². The molecule has 0 heterocycles. The van der Waals surface area contributed by atoms with Crippen LogP contribution in [0, 0.1) is 0 Å². The fourth-order valence-electron chi connectivity index (χ4n) is 2.19. The van der Waals surface area contributed by atoms with Crippen LogP contribution in [0.25, 0.3) is 5.57 Å². The largest absolute Gasteiger partial charge is 0.497 e. The van der Waals surface area contributed by atoms with Gasteiger partial charge >= 0.3 is 0 Å². The average molecular weight is 303 g/mol. The highest BCUT2D eigenvalue weighted by atomic mass is 16.5. The Labute approximate surface area is 135 Å². The second kappa shape index (κ2) is 9.31. The van der Waals surface area contributed by atoms with E-state index in [1.165, 1.54) is 11.1 Å². The Hall–Kier alpha value is -1.74. The first-order valence-corrected chi connectivity index (χ1v) is 7.69. The molecular formula is C19H29NO2. The van der Waals surface area contributed by atoms with Crippen LogP contribution in [-0.2, 0) is 0 Å². The van der Waals surface area contributed by atoms with Crippen molar-refractivity contribution in [3.05, 3.63) is 41.5 Å². The molecule has 0 unspecified atom stereocenters. The summed E-state index contributed by atoms with van der Waals surface area (Å²) in [5, 5.41) is 0. The molecule has 0 atom stereocenters. The van der Waals surface area contributed by atoms with E-state index in [0.29, 0.717) is 0 Å². The molecule has 0 saturated carbocycles. The topological polar surface area (TPSA) is 21.7 Å². The van der Waals surface area contributed by atoms with Crippen LogP contribution in [-0.4, -0.2) is 39.3 Å². The number of rotatable bonds is 8. The maximum Gasteiger partial charge on any atom is 0.130 e. The van der Waals surface area contributed by atoms with E-state index < -0.39 is 0 Å². The maximum atomic E-state index is 5.46. The Morgan fingerprint density at radius 1 is 1.09 bits per heavy atom. The summed E-state index contributed by atoms with van der Waals surface area (Å²) in [7, 11) is 5.50. The number of likely N-dealkylation sites (N-methyl/N-ethyl adjacent to an activating group) is 1. The van der Waals surface area contributed by atoms with Crippen LogP contribution in [0.1, 0.15) is 32.8 Å². The highest BCUT2D eigenvalue weighted by Gasteiger charge is 2.07. The van der Waals surface area contributed by atoms with Gasteiger partial charge in [-0.2, -0.15) is 0 Å². The van der Waals surface area contributed by atoms with Gasteiger partial charge in [-0.1, -0.05) is 17.7 Å². The van der Waals surface area contributed by atoms with E-state index in [-0.39, 0.29) is 0 Å². The lowest BCUT2D eigenvalue weighted by Crippen LogP contribution is -2.19. The van der Waals surface area contributed by atoms with E-state index in [0.717, 1.165) is 36.6 Å². The number of methoxy groups -OCH3 is 2. The highest BCUT2D eigenvalue weighted by Crippen LogP contribution is 2.29. The van der Waals surface area contributed by atoms with Crippen molar-refractivity contribution < 1.29 is 9.47 Å². The number of hydrogen-bond donors (Lipinski definition) is 0. The monoisotopic (exact) mass is 303 g/mol. The summed E-state index contributed by atoms with van der Waals surface area (Å²) in [6, 6.07) is 5.94. The van der Waals surface area contributed by atoms with Crippen molar-refractivity contribution in [1.82, 2.24) is 4.90 Å². The van der Waals surface area contributed by atoms with Crippen LogP contribution < -0.4 is 9.47 Å². The Morgan fingerprint density at radius 3 is 2.41 bits per heavy atom. The van der Waals surface area contributed by atoms with E-state index >= 15 is 0 Å². The summed E-state index contributed by atoms with van der Waals surface area (Å²) in [5.41, 5.74) is 3.71. The Morgan fingerprint density at radius 2 is 1.82 bits per heavy atom. The zero-order chi connectivity index (χ0) is 16.5. The molecule has 1 rings (SSSR count). The molecule has 3 nitrogen and oxygen atoms in total. The van der Waals surface area contributed by atoms with Crippen molar-refractivity contribution in [2.45, 2.75) is 27.2 Å². The Kier molecular flexibility index (Phi) is 7.75.